The molecule has 0 fully saturated rings. The highest BCUT2D eigenvalue weighted by atomic mass is 16.2. The fourth-order valence-electron chi connectivity index (χ4n) is 3.63. The van der Waals surface area contributed by atoms with Crippen molar-refractivity contribution in [3.63, 3.8) is 0 Å². The lowest BCUT2D eigenvalue weighted by Crippen LogP contribution is -2.44. The summed E-state index contributed by atoms with van der Waals surface area (Å²) in [6, 6.07) is 17.3. The smallest absolute Gasteiger partial charge is 0.242 e. The topological polar surface area (TPSA) is 96.0 Å². The maximum absolute atomic E-state index is 12.9. The van der Waals surface area contributed by atoms with Crippen molar-refractivity contribution in [2.75, 3.05) is 5.43 Å². The van der Waals surface area contributed by atoms with Gasteiger partial charge in [0.2, 0.25) is 11.8 Å². The number of amides is 2. The summed E-state index contributed by atoms with van der Waals surface area (Å²) in [6.07, 6.45) is 6.41. The van der Waals surface area contributed by atoms with E-state index in [2.05, 4.69) is 26.1 Å². The molecule has 1 aromatic heterocycles. The highest BCUT2D eigenvalue weighted by molar-refractivity contribution is 5.91. The van der Waals surface area contributed by atoms with Gasteiger partial charge in [-0.3, -0.25) is 20.4 Å². The van der Waals surface area contributed by atoms with E-state index in [9.17, 15) is 9.59 Å². The SMILES string of the molecule is O=C(NCc1ccccc1)[C@H]1CC=CC[C@H]1C(=O)NNc1ncnc2ccccc12. The van der Waals surface area contributed by atoms with Gasteiger partial charge in [-0.1, -0.05) is 54.6 Å². The second-order valence-electron chi connectivity index (χ2n) is 7.21. The molecule has 7 heteroatoms. The van der Waals surface area contributed by atoms with Crippen LogP contribution in [0.4, 0.5) is 5.82 Å². The highest BCUT2D eigenvalue weighted by Crippen LogP contribution is 2.26. The number of rotatable bonds is 6. The average Bonchev–Trinajstić information content (AvgIpc) is 2.81. The Hall–Kier alpha value is -3.74. The fraction of sp³-hybridized carbons (Fsp3) is 0.217. The van der Waals surface area contributed by atoms with Crippen molar-refractivity contribution in [1.82, 2.24) is 20.7 Å². The first kappa shape index (κ1) is 19.6. The number of anilines is 1. The zero-order valence-corrected chi connectivity index (χ0v) is 16.4. The van der Waals surface area contributed by atoms with Gasteiger partial charge in [0, 0.05) is 11.9 Å². The zero-order chi connectivity index (χ0) is 20.8. The molecule has 1 aliphatic carbocycles. The second kappa shape index (κ2) is 9.17. The van der Waals surface area contributed by atoms with E-state index in [4.69, 9.17) is 0 Å². The van der Waals surface area contributed by atoms with Crippen molar-refractivity contribution in [2.24, 2.45) is 11.8 Å². The lowest BCUT2D eigenvalue weighted by molar-refractivity contribution is -0.134. The summed E-state index contributed by atoms with van der Waals surface area (Å²) in [5, 5.41) is 3.76. The first-order chi connectivity index (χ1) is 14.7. The minimum absolute atomic E-state index is 0.115. The van der Waals surface area contributed by atoms with E-state index in [1.165, 1.54) is 6.33 Å². The molecule has 0 bridgehead atoms. The number of carbonyl (C=O) groups is 2. The summed E-state index contributed by atoms with van der Waals surface area (Å²) >= 11 is 0. The molecule has 0 unspecified atom stereocenters. The Balaban J connectivity index is 1.40. The number of nitrogens with one attached hydrogen (secondary N) is 3. The third-order valence-corrected chi connectivity index (χ3v) is 5.26. The van der Waals surface area contributed by atoms with Gasteiger partial charge >= 0.3 is 0 Å². The van der Waals surface area contributed by atoms with Crippen molar-refractivity contribution >= 4 is 28.5 Å². The van der Waals surface area contributed by atoms with Gasteiger partial charge < -0.3 is 5.32 Å². The Labute approximate surface area is 174 Å². The molecule has 4 rings (SSSR count). The van der Waals surface area contributed by atoms with Crippen LogP contribution in [-0.4, -0.2) is 21.8 Å². The maximum Gasteiger partial charge on any atom is 0.242 e. The molecule has 3 N–H and O–H groups in total. The molecule has 0 radical (unpaired) electrons. The van der Waals surface area contributed by atoms with Gasteiger partial charge in [0.25, 0.3) is 0 Å². The molecule has 2 aromatic carbocycles. The van der Waals surface area contributed by atoms with E-state index in [1.54, 1.807) is 0 Å². The van der Waals surface area contributed by atoms with E-state index < -0.39 is 11.8 Å². The summed E-state index contributed by atoms with van der Waals surface area (Å²) in [5.74, 6) is -0.697. The zero-order valence-electron chi connectivity index (χ0n) is 16.4. The van der Waals surface area contributed by atoms with E-state index >= 15 is 0 Å². The third kappa shape index (κ3) is 4.46. The molecule has 2 amide bonds. The maximum atomic E-state index is 12.9. The largest absolute Gasteiger partial charge is 0.352 e. The minimum atomic E-state index is -0.452. The Kier molecular flexibility index (Phi) is 5.98. The van der Waals surface area contributed by atoms with Crippen molar-refractivity contribution in [2.45, 2.75) is 19.4 Å². The number of aromatic nitrogens is 2. The lowest BCUT2D eigenvalue weighted by atomic mass is 9.82. The first-order valence-electron chi connectivity index (χ1n) is 9.94. The molecule has 0 aliphatic heterocycles. The van der Waals surface area contributed by atoms with Crippen molar-refractivity contribution in [1.29, 1.82) is 0 Å². The number of para-hydroxylation sites is 1. The van der Waals surface area contributed by atoms with Crippen LogP contribution in [0.5, 0.6) is 0 Å². The predicted octanol–water partition coefficient (Wildman–Crippen LogP) is 2.97. The number of hydrogen-bond donors (Lipinski definition) is 3. The normalized spacial score (nSPS) is 18.0. The number of carbonyl (C=O) groups excluding carboxylic acids is 2. The van der Waals surface area contributed by atoms with Crippen LogP contribution in [0.1, 0.15) is 18.4 Å². The molecule has 1 aliphatic rings. The Morgan fingerprint density at radius 2 is 1.57 bits per heavy atom. The van der Waals surface area contributed by atoms with Crippen LogP contribution in [0.15, 0.2) is 73.1 Å². The van der Waals surface area contributed by atoms with Crippen LogP contribution in [0.25, 0.3) is 10.9 Å². The Bertz CT molecular complexity index is 1060. The molecule has 7 nitrogen and oxygen atoms in total. The quantitative estimate of drug-likeness (QED) is 0.436. The fourth-order valence-corrected chi connectivity index (χ4v) is 3.63. The van der Waals surface area contributed by atoms with Gasteiger partial charge in [-0.05, 0) is 30.5 Å². The Morgan fingerprint density at radius 1 is 0.867 bits per heavy atom. The summed E-state index contributed by atoms with van der Waals surface area (Å²) in [5.41, 5.74) is 7.43. The van der Waals surface area contributed by atoms with Crippen LogP contribution >= 0.6 is 0 Å². The summed E-state index contributed by atoms with van der Waals surface area (Å²) < 4.78 is 0. The molecule has 0 saturated carbocycles. The number of nitrogens with zero attached hydrogens (tertiary/aromatic N) is 2. The van der Waals surface area contributed by atoms with E-state index in [-0.39, 0.29) is 11.8 Å². The number of allylic oxidation sites excluding steroid dienone is 2. The van der Waals surface area contributed by atoms with Crippen LogP contribution in [0.3, 0.4) is 0 Å². The minimum Gasteiger partial charge on any atom is -0.352 e. The van der Waals surface area contributed by atoms with Crippen LogP contribution in [0, 0.1) is 11.8 Å². The van der Waals surface area contributed by atoms with Gasteiger partial charge in [-0.15, -0.1) is 0 Å². The van der Waals surface area contributed by atoms with Crippen LogP contribution < -0.4 is 16.2 Å². The molecule has 0 spiro atoms. The molecule has 3 aromatic rings. The number of hydrazine groups is 1. The van der Waals surface area contributed by atoms with Crippen LogP contribution in [0.2, 0.25) is 0 Å². The van der Waals surface area contributed by atoms with Crippen molar-refractivity contribution in [3.05, 3.63) is 78.6 Å². The van der Waals surface area contributed by atoms with Gasteiger partial charge in [0.1, 0.15) is 6.33 Å². The summed E-state index contributed by atoms with van der Waals surface area (Å²) in [6.45, 7) is 0.444. The Morgan fingerprint density at radius 3 is 2.37 bits per heavy atom. The standard InChI is InChI=1S/C23H23N5O2/c29-22(24-14-16-8-2-1-3-9-16)17-10-4-5-11-18(17)23(30)28-27-21-19-12-6-7-13-20(19)25-15-26-21/h1-9,12-13,15,17-18H,10-11,14H2,(H,24,29)(H,28,30)(H,25,26,27)/t17-,18+/m0/s1. The first-order valence-corrected chi connectivity index (χ1v) is 9.94. The van der Waals surface area contributed by atoms with Crippen molar-refractivity contribution in [3.8, 4) is 0 Å². The number of fused-ring (bicyclic) bond motifs is 1. The molecule has 2 atom stereocenters. The van der Waals surface area contributed by atoms with E-state index in [0.717, 1.165) is 16.5 Å². The van der Waals surface area contributed by atoms with Gasteiger partial charge in [0.15, 0.2) is 5.82 Å². The van der Waals surface area contributed by atoms with E-state index in [1.807, 2.05) is 66.7 Å². The number of benzene rings is 2. The van der Waals surface area contributed by atoms with E-state index in [0.29, 0.717) is 25.2 Å². The molecule has 30 heavy (non-hydrogen) atoms. The van der Waals surface area contributed by atoms with Gasteiger partial charge in [-0.2, -0.15) is 0 Å². The number of hydrogen-bond acceptors (Lipinski definition) is 5. The molecule has 0 saturated heterocycles. The molecular weight excluding hydrogens is 378 g/mol. The average molecular weight is 401 g/mol. The van der Waals surface area contributed by atoms with Crippen LogP contribution in [-0.2, 0) is 16.1 Å². The lowest BCUT2D eigenvalue weighted by Gasteiger charge is -2.27. The molecular formula is C23H23N5O2. The van der Waals surface area contributed by atoms with Gasteiger partial charge in [-0.25, -0.2) is 9.97 Å². The molecule has 1 heterocycles. The predicted molar refractivity (Wildman–Crippen MR) is 115 cm³/mol. The summed E-state index contributed by atoms with van der Waals surface area (Å²) in [4.78, 5) is 34.1. The van der Waals surface area contributed by atoms with Crippen molar-refractivity contribution < 1.29 is 9.59 Å². The summed E-state index contributed by atoms with van der Waals surface area (Å²) in [7, 11) is 0. The second-order valence-corrected chi connectivity index (χ2v) is 7.21. The van der Waals surface area contributed by atoms with Gasteiger partial charge in [0.05, 0.1) is 17.4 Å². The third-order valence-electron chi connectivity index (χ3n) is 5.26. The monoisotopic (exact) mass is 401 g/mol. The molecule has 152 valence electrons. The highest BCUT2D eigenvalue weighted by Gasteiger charge is 2.34.